The fraction of sp³-hybridized carbons (Fsp3) is 0.393. The summed E-state index contributed by atoms with van der Waals surface area (Å²) in [5, 5.41) is 0.0161. The van der Waals surface area contributed by atoms with Gasteiger partial charge in [-0.1, -0.05) is 69.3 Å². The maximum absolute atomic E-state index is 13.8. The molecule has 0 saturated carbocycles. The molecule has 2 aliphatic rings. The Kier molecular flexibility index (Phi) is 5.80. The van der Waals surface area contributed by atoms with Gasteiger partial charge in [0.2, 0.25) is 11.8 Å². The van der Waals surface area contributed by atoms with Gasteiger partial charge in [0.1, 0.15) is 0 Å². The molecule has 2 amide bonds. The molecule has 1 saturated heterocycles. The van der Waals surface area contributed by atoms with Crippen LogP contribution in [0.3, 0.4) is 0 Å². The molecule has 0 radical (unpaired) electrons. The second kappa shape index (κ2) is 8.57. The number of rotatable bonds is 5. The number of carbonyl (C=O) groups is 2. The molecule has 1 aliphatic carbocycles. The largest absolute Gasteiger partial charge is 0.408 e. The lowest BCUT2D eigenvalue weighted by Crippen LogP contribution is -2.43. The molecular formula is C28H33N3O3Si. The molecule has 0 bridgehead atoms. The summed E-state index contributed by atoms with van der Waals surface area (Å²) in [5.41, 5.74) is 3.37. The van der Waals surface area contributed by atoms with E-state index in [1.807, 2.05) is 59.4 Å². The van der Waals surface area contributed by atoms with E-state index in [1.54, 1.807) is 0 Å². The van der Waals surface area contributed by atoms with Gasteiger partial charge in [-0.25, -0.2) is 9.88 Å². The minimum Gasteiger partial charge on any atom is -0.408 e. The van der Waals surface area contributed by atoms with Crippen LogP contribution in [0.1, 0.15) is 56.2 Å². The number of aromatic nitrogens is 2. The first kappa shape index (κ1) is 23.7. The highest BCUT2D eigenvalue weighted by Crippen LogP contribution is 2.51. The first-order chi connectivity index (χ1) is 16.6. The van der Waals surface area contributed by atoms with Crippen molar-refractivity contribution in [3.05, 3.63) is 83.9 Å². The summed E-state index contributed by atoms with van der Waals surface area (Å²) in [6, 6.07) is 19.4. The van der Waals surface area contributed by atoms with Crippen LogP contribution in [0.2, 0.25) is 18.1 Å². The van der Waals surface area contributed by atoms with Crippen molar-refractivity contribution in [1.29, 1.82) is 0 Å². The number of amides is 2. The smallest absolute Gasteiger partial charge is 0.243 e. The number of fused-ring (bicyclic) bond motifs is 3. The first-order valence-electron chi connectivity index (χ1n) is 12.3. The van der Waals surface area contributed by atoms with Crippen molar-refractivity contribution in [1.82, 2.24) is 9.55 Å². The Morgan fingerprint density at radius 3 is 2.23 bits per heavy atom. The van der Waals surface area contributed by atoms with Crippen molar-refractivity contribution in [3.63, 3.8) is 0 Å². The van der Waals surface area contributed by atoms with Gasteiger partial charge in [-0.2, -0.15) is 0 Å². The summed E-state index contributed by atoms with van der Waals surface area (Å²) in [7, 11) is -2.15. The fourth-order valence-corrected chi connectivity index (χ4v) is 6.26. The second-order valence-electron chi connectivity index (χ2n) is 11.2. The predicted molar refractivity (Wildman–Crippen MR) is 139 cm³/mol. The number of imide groups is 1. The van der Waals surface area contributed by atoms with Crippen LogP contribution in [0.4, 0.5) is 5.69 Å². The summed E-state index contributed by atoms with van der Waals surface area (Å²) >= 11 is 0. The van der Waals surface area contributed by atoms with Gasteiger partial charge in [-0.05, 0) is 42.2 Å². The molecular weight excluding hydrogens is 454 g/mol. The van der Waals surface area contributed by atoms with Gasteiger partial charge in [0.15, 0.2) is 8.32 Å². The van der Waals surface area contributed by atoms with Crippen LogP contribution < -0.4 is 4.90 Å². The molecule has 0 spiro atoms. The summed E-state index contributed by atoms with van der Waals surface area (Å²) < 4.78 is 8.89. The van der Waals surface area contributed by atoms with Gasteiger partial charge in [0.25, 0.3) is 0 Å². The third-order valence-corrected chi connectivity index (χ3v) is 12.3. The molecule has 3 atom stereocenters. The van der Waals surface area contributed by atoms with Crippen LogP contribution in [0, 0.1) is 5.92 Å². The van der Waals surface area contributed by atoms with Crippen LogP contribution in [0.25, 0.3) is 0 Å². The molecule has 1 aliphatic heterocycles. The van der Waals surface area contributed by atoms with Crippen molar-refractivity contribution in [3.8, 4) is 0 Å². The average Bonchev–Trinajstić information content (AvgIpc) is 3.33. The minimum absolute atomic E-state index is 0.0161. The number of carbonyl (C=O) groups excluding carboxylic acids is 2. The Balaban J connectivity index is 1.59. The Hall–Kier alpha value is -3.03. The lowest BCUT2D eigenvalue weighted by molar-refractivity contribution is -0.122. The Labute approximate surface area is 208 Å². The molecule has 2 heterocycles. The minimum atomic E-state index is -2.15. The van der Waals surface area contributed by atoms with Gasteiger partial charge >= 0.3 is 0 Å². The number of benzene rings is 2. The van der Waals surface area contributed by atoms with E-state index in [1.165, 1.54) is 4.90 Å². The Bertz CT molecular complexity index is 1250. The van der Waals surface area contributed by atoms with E-state index in [0.717, 1.165) is 17.0 Å². The van der Waals surface area contributed by atoms with E-state index in [9.17, 15) is 9.59 Å². The molecule has 182 valence electrons. The normalized spacial score (nSPS) is 22.3. The van der Waals surface area contributed by atoms with E-state index in [0.29, 0.717) is 18.7 Å². The molecule has 1 aromatic heterocycles. The maximum atomic E-state index is 13.8. The number of nitrogens with zero attached hydrogens (tertiary/aromatic N) is 3. The molecule has 0 N–H and O–H groups in total. The monoisotopic (exact) mass is 487 g/mol. The molecule has 5 rings (SSSR count). The molecule has 1 fully saturated rings. The van der Waals surface area contributed by atoms with Gasteiger partial charge in [0.05, 0.1) is 41.3 Å². The highest BCUT2D eigenvalue weighted by molar-refractivity contribution is 6.74. The van der Waals surface area contributed by atoms with Gasteiger partial charge in [0, 0.05) is 6.54 Å². The van der Waals surface area contributed by atoms with Gasteiger partial charge in [-0.15, -0.1) is 0 Å². The van der Waals surface area contributed by atoms with E-state index in [-0.39, 0.29) is 23.0 Å². The van der Waals surface area contributed by atoms with Crippen molar-refractivity contribution in [2.24, 2.45) is 5.92 Å². The lowest BCUT2D eigenvalue weighted by Gasteiger charge is -2.41. The molecule has 3 aromatic rings. The maximum Gasteiger partial charge on any atom is 0.243 e. The summed E-state index contributed by atoms with van der Waals surface area (Å²) in [4.78, 5) is 33.7. The van der Waals surface area contributed by atoms with Crippen molar-refractivity contribution >= 4 is 25.8 Å². The Morgan fingerprint density at radius 1 is 0.971 bits per heavy atom. The quantitative estimate of drug-likeness (QED) is 0.344. The van der Waals surface area contributed by atoms with E-state index < -0.39 is 20.2 Å². The highest BCUT2D eigenvalue weighted by atomic mass is 28.4. The standard InChI is InChI=1S/C28H33N3O3Si/c1-28(2,3)35(4,5)34-22-16-21-23(27(33)31(26(21)32)20-14-10-7-11-15-20)25-24(22)29-18-30(25)17-19-12-8-6-9-13-19/h6-15,18,21-23H,16-17H2,1-5H3. The van der Waals surface area contributed by atoms with Crippen molar-refractivity contribution < 1.29 is 14.0 Å². The molecule has 3 unspecified atom stereocenters. The zero-order chi connectivity index (χ0) is 25.0. The van der Waals surface area contributed by atoms with Crippen molar-refractivity contribution in [2.45, 2.75) is 63.9 Å². The average molecular weight is 488 g/mol. The summed E-state index contributed by atoms with van der Waals surface area (Å²) in [6.45, 7) is 11.7. The third kappa shape index (κ3) is 4.06. The summed E-state index contributed by atoms with van der Waals surface area (Å²) in [5.74, 6) is -1.33. The van der Waals surface area contributed by atoms with Crippen LogP contribution in [-0.2, 0) is 20.6 Å². The lowest BCUT2D eigenvalue weighted by atomic mass is 9.80. The molecule has 7 heteroatoms. The third-order valence-electron chi connectivity index (χ3n) is 7.86. The first-order valence-corrected chi connectivity index (χ1v) is 15.2. The van der Waals surface area contributed by atoms with E-state index in [2.05, 4.69) is 46.0 Å². The number of imidazole rings is 1. The van der Waals surface area contributed by atoms with Crippen LogP contribution in [0.5, 0.6) is 0 Å². The topological polar surface area (TPSA) is 64.4 Å². The van der Waals surface area contributed by atoms with Crippen LogP contribution >= 0.6 is 0 Å². The second-order valence-corrected chi connectivity index (χ2v) is 15.9. The zero-order valence-corrected chi connectivity index (χ0v) is 22.1. The van der Waals surface area contributed by atoms with E-state index >= 15 is 0 Å². The number of hydrogen-bond acceptors (Lipinski definition) is 4. The number of anilines is 1. The predicted octanol–water partition coefficient (Wildman–Crippen LogP) is 5.67. The van der Waals surface area contributed by atoms with E-state index in [4.69, 9.17) is 9.41 Å². The highest BCUT2D eigenvalue weighted by Gasteiger charge is 2.56. The fourth-order valence-electron chi connectivity index (χ4n) is 4.98. The zero-order valence-electron chi connectivity index (χ0n) is 21.1. The van der Waals surface area contributed by atoms with Crippen LogP contribution in [-0.4, -0.2) is 29.7 Å². The number of hydrogen-bond donors (Lipinski definition) is 0. The molecule has 6 nitrogen and oxygen atoms in total. The van der Waals surface area contributed by atoms with Gasteiger partial charge < -0.3 is 8.99 Å². The molecule has 35 heavy (non-hydrogen) atoms. The van der Waals surface area contributed by atoms with Crippen LogP contribution in [0.15, 0.2) is 67.0 Å². The molecule has 2 aromatic carbocycles. The number of para-hydroxylation sites is 1. The van der Waals surface area contributed by atoms with Crippen molar-refractivity contribution in [2.75, 3.05) is 4.90 Å². The van der Waals surface area contributed by atoms with Gasteiger partial charge in [-0.3, -0.25) is 9.59 Å². The SMILES string of the molecule is CC(C)(C)[Si](C)(C)OC1CC2C(=O)N(c3ccccc3)C(=O)C2c2c1ncn2Cc1ccccc1. The summed E-state index contributed by atoms with van der Waals surface area (Å²) in [6.07, 6.45) is 1.97. The Morgan fingerprint density at radius 2 is 1.60 bits per heavy atom.